The van der Waals surface area contributed by atoms with E-state index in [1.54, 1.807) is 12.1 Å². The van der Waals surface area contributed by atoms with E-state index in [0.29, 0.717) is 30.9 Å². The molecular formula is C31H35O8S-. The van der Waals surface area contributed by atoms with Crippen molar-refractivity contribution in [1.29, 1.82) is 0 Å². The number of rotatable bonds is 18. The zero-order chi connectivity index (χ0) is 28.7. The van der Waals surface area contributed by atoms with Crippen molar-refractivity contribution >= 4 is 23.0 Å². The average Bonchev–Trinajstić information content (AvgIpc) is 2.94. The third kappa shape index (κ3) is 10.5. The summed E-state index contributed by atoms with van der Waals surface area (Å²) in [7, 11) is 0. The summed E-state index contributed by atoms with van der Waals surface area (Å²) in [6.45, 7) is 0.725. The van der Waals surface area contributed by atoms with Gasteiger partial charge in [-0.3, -0.25) is 13.8 Å². The minimum absolute atomic E-state index is 0.00699. The fraction of sp³-hybridized carbons (Fsp3) is 0.355. The summed E-state index contributed by atoms with van der Waals surface area (Å²) >= 11 is -2.36. The third-order valence-electron chi connectivity index (χ3n) is 6.40. The van der Waals surface area contributed by atoms with Gasteiger partial charge >= 0.3 is 11.9 Å². The molecule has 0 saturated heterocycles. The van der Waals surface area contributed by atoms with E-state index < -0.39 is 23.0 Å². The standard InChI is InChI=1S/C31H36O8S/c32-30(33)15-9-19-39-29-14-8-13-24(28(29)16-17-31(34)35)12-4-1-2-7-18-38-26-20-25(21-27(22-26)40(36)37)23-10-5-3-6-11-23/h3,5-6,8,10-11,13-14,20-22H,1-2,4,7,9,12,15-19H2,(H,32,33)(H,34,35)(H,36,37)/p-1. The van der Waals surface area contributed by atoms with Crippen molar-refractivity contribution in [1.82, 2.24) is 0 Å². The molecule has 0 radical (unpaired) electrons. The van der Waals surface area contributed by atoms with Gasteiger partial charge in [-0.2, -0.15) is 0 Å². The fourth-order valence-corrected chi connectivity index (χ4v) is 4.85. The Morgan fingerprint density at radius 2 is 1.45 bits per heavy atom. The van der Waals surface area contributed by atoms with Crippen molar-refractivity contribution in [3.05, 3.63) is 77.9 Å². The molecule has 2 N–H and O–H groups in total. The molecule has 0 fully saturated rings. The smallest absolute Gasteiger partial charge is 0.303 e. The number of carboxylic acid groups (broad SMARTS) is 2. The van der Waals surface area contributed by atoms with Crippen molar-refractivity contribution in [2.24, 2.45) is 0 Å². The Kier molecular flexibility index (Phi) is 12.7. The molecule has 1 atom stereocenters. The first-order valence-corrected chi connectivity index (χ1v) is 14.5. The Morgan fingerprint density at radius 3 is 2.17 bits per heavy atom. The largest absolute Gasteiger partial charge is 0.768 e. The van der Waals surface area contributed by atoms with Crippen LogP contribution in [0.5, 0.6) is 11.5 Å². The molecule has 3 rings (SSSR count). The Morgan fingerprint density at radius 1 is 0.725 bits per heavy atom. The fourth-order valence-electron chi connectivity index (χ4n) is 4.41. The molecule has 0 amide bonds. The number of aryl methyl sites for hydroxylation is 1. The van der Waals surface area contributed by atoms with Crippen LogP contribution < -0.4 is 9.47 Å². The van der Waals surface area contributed by atoms with Crippen molar-refractivity contribution in [2.75, 3.05) is 13.2 Å². The third-order valence-corrected chi connectivity index (χ3v) is 7.02. The second kappa shape index (κ2) is 16.4. The summed E-state index contributed by atoms with van der Waals surface area (Å²) in [4.78, 5) is 22.1. The summed E-state index contributed by atoms with van der Waals surface area (Å²) in [5.41, 5.74) is 3.61. The highest BCUT2D eigenvalue weighted by atomic mass is 32.2. The predicted octanol–water partition coefficient (Wildman–Crippen LogP) is 6.03. The number of carbonyl (C=O) groups is 2. The highest BCUT2D eigenvalue weighted by Gasteiger charge is 2.12. The molecule has 0 aromatic heterocycles. The summed E-state index contributed by atoms with van der Waals surface area (Å²) in [5, 5.41) is 18.0. The Bertz CT molecular complexity index is 1280. The van der Waals surface area contributed by atoms with Crippen LogP contribution in [0.15, 0.2) is 71.6 Å². The zero-order valence-corrected chi connectivity index (χ0v) is 23.2. The minimum atomic E-state index is -2.36. The van der Waals surface area contributed by atoms with Crippen LogP contribution in [0.4, 0.5) is 0 Å². The number of hydrogen-bond donors (Lipinski definition) is 2. The van der Waals surface area contributed by atoms with E-state index in [4.69, 9.17) is 14.6 Å². The van der Waals surface area contributed by atoms with Gasteiger partial charge in [-0.15, -0.1) is 0 Å². The zero-order valence-electron chi connectivity index (χ0n) is 22.4. The summed E-state index contributed by atoms with van der Waals surface area (Å²) in [6.07, 6.45) is 5.12. The quantitative estimate of drug-likeness (QED) is 0.141. The molecule has 1 unspecified atom stereocenters. The SMILES string of the molecule is O=C(O)CCCOc1cccc(CCCCCCOc2cc(-c3ccccc3)cc(S(=O)[O-])c2)c1CCC(=O)O. The molecular weight excluding hydrogens is 532 g/mol. The molecule has 0 aliphatic rings. The van der Waals surface area contributed by atoms with Crippen LogP contribution in [0.2, 0.25) is 0 Å². The van der Waals surface area contributed by atoms with E-state index in [0.717, 1.165) is 54.4 Å². The number of carboxylic acids is 2. The number of benzene rings is 3. The van der Waals surface area contributed by atoms with Gasteiger partial charge < -0.3 is 24.2 Å². The molecule has 0 bridgehead atoms. The molecule has 9 heteroatoms. The van der Waals surface area contributed by atoms with Crippen molar-refractivity contribution in [2.45, 2.75) is 62.7 Å². The van der Waals surface area contributed by atoms with Gasteiger partial charge in [-0.05, 0) is 89.7 Å². The first kappa shape index (κ1) is 30.8. The number of unbranched alkanes of at least 4 members (excludes halogenated alkanes) is 3. The van der Waals surface area contributed by atoms with Gasteiger partial charge in [0.05, 0.1) is 13.2 Å². The van der Waals surface area contributed by atoms with Crippen LogP contribution in [-0.4, -0.2) is 44.1 Å². The topological polar surface area (TPSA) is 133 Å². The number of ether oxygens (including phenoxy) is 2. The molecule has 0 saturated carbocycles. The van der Waals surface area contributed by atoms with Crippen molar-refractivity contribution in [3.63, 3.8) is 0 Å². The second-order valence-electron chi connectivity index (χ2n) is 9.44. The molecule has 3 aromatic rings. The maximum atomic E-state index is 11.6. The second-order valence-corrected chi connectivity index (χ2v) is 10.4. The first-order valence-electron chi connectivity index (χ1n) is 13.4. The molecule has 214 valence electrons. The monoisotopic (exact) mass is 567 g/mol. The predicted molar refractivity (Wildman–Crippen MR) is 151 cm³/mol. The average molecular weight is 568 g/mol. The summed E-state index contributed by atoms with van der Waals surface area (Å²) in [5.74, 6) is -0.620. The lowest BCUT2D eigenvalue weighted by atomic mass is 9.97. The van der Waals surface area contributed by atoms with Gasteiger partial charge in [-0.1, -0.05) is 55.3 Å². The van der Waals surface area contributed by atoms with Crippen LogP contribution in [0.1, 0.15) is 56.1 Å². The lowest BCUT2D eigenvalue weighted by molar-refractivity contribution is -0.138. The highest BCUT2D eigenvalue weighted by Crippen LogP contribution is 2.28. The van der Waals surface area contributed by atoms with Gasteiger partial charge in [0.1, 0.15) is 11.5 Å². The van der Waals surface area contributed by atoms with E-state index >= 15 is 0 Å². The molecule has 0 heterocycles. The van der Waals surface area contributed by atoms with Crippen LogP contribution >= 0.6 is 0 Å². The van der Waals surface area contributed by atoms with Crippen molar-refractivity contribution < 1.29 is 38.0 Å². The summed E-state index contributed by atoms with van der Waals surface area (Å²) in [6, 6.07) is 20.2. The minimum Gasteiger partial charge on any atom is -0.768 e. The molecule has 8 nitrogen and oxygen atoms in total. The van der Waals surface area contributed by atoms with Crippen LogP contribution in [0.25, 0.3) is 11.1 Å². The Balaban J connectivity index is 1.49. The molecule has 3 aromatic carbocycles. The van der Waals surface area contributed by atoms with Crippen LogP contribution in [0, 0.1) is 0 Å². The molecule has 0 aliphatic carbocycles. The lowest BCUT2D eigenvalue weighted by Gasteiger charge is -2.15. The van der Waals surface area contributed by atoms with Gasteiger partial charge in [0.15, 0.2) is 0 Å². The normalized spacial score (nSPS) is 11.6. The van der Waals surface area contributed by atoms with Gasteiger partial charge in [0.25, 0.3) is 0 Å². The lowest BCUT2D eigenvalue weighted by Crippen LogP contribution is -2.07. The summed E-state index contributed by atoms with van der Waals surface area (Å²) < 4.78 is 34.9. The van der Waals surface area contributed by atoms with E-state index in [-0.39, 0.29) is 24.3 Å². The van der Waals surface area contributed by atoms with Crippen LogP contribution in [0.3, 0.4) is 0 Å². The van der Waals surface area contributed by atoms with E-state index in [2.05, 4.69) is 0 Å². The number of hydrogen-bond acceptors (Lipinski definition) is 6. The van der Waals surface area contributed by atoms with Crippen LogP contribution in [-0.2, 0) is 33.5 Å². The van der Waals surface area contributed by atoms with Gasteiger partial charge in [0.2, 0.25) is 0 Å². The van der Waals surface area contributed by atoms with E-state index in [1.165, 1.54) is 6.07 Å². The van der Waals surface area contributed by atoms with Crippen molar-refractivity contribution in [3.8, 4) is 22.6 Å². The van der Waals surface area contributed by atoms with Gasteiger partial charge in [0, 0.05) is 17.7 Å². The Hall–Kier alpha value is -3.69. The highest BCUT2D eigenvalue weighted by molar-refractivity contribution is 7.79. The van der Waals surface area contributed by atoms with E-state index in [1.807, 2.05) is 48.5 Å². The first-order chi connectivity index (χ1) is 19.3. The molecule has 0 spiro atoms. The maximum Gasteiger partial charge on any atom is 0.303 e. The number of aliphatic carboxylic acids is 2. The molecule has 0 aliphatic heterocycles. The molecule has 40 heavy (non-hydrogen) atoms. The van der Waals surface area contributed by atoms with Gasteiger partial charge in [-0.25, -0.2) is 0 Å². The maximum absolute atomic E-state index is 11.6. The Labute approximate surface area is 237 Å². The van der Waals surface area contributed by atoms with E-state index in [9.17, 15) is 23.5 Å².